The van der Waals surface area contributed by atoms with Crippen molar-refractivity contribution < 1.29 is 9.53 Å². The Balaban J connectivity index is 1.75. The maximum absolute atomic E-state index is 12.5. The Bertz CT molecular complexity index is 941. The van der Waals surface area contributed by atoms with Gasteiger partial charge in [0.05, 0.1) is 24.1 Å². The molecule has 0 spiro atoms. The van der Waals surface area contributed by atoms with E-state index in [1.54, 1.807) is 11.6 Å². The summed E-state index contributed by atoms with van der Waals surface area (Å²) in [5.41, 5.74) is 4.27. The number of benzene rings is 1. The summed E-state index contributed by atoms with van der Waals surface area (Å²) in [6.45, 7) is 6.41. The van der Waals surface area contributed by atoms with Gasteiger partial charge in [-0.2, -0.15) is 5.10 Å². The van der Waals surface area contributed by atoms with Crippen LogP contribution in [-0.4, -0.2) is 25.3 Å². The van der Waals surface area contributed by atoms with Crippen molar-refractivity contribution in [3.8, 4) is 0 Å². The van der Waals surface area contributed by atoms with Crippen molar-refractivity contribution in [1.29, 1.82) is 0 Å². The fourth-order valence-corrected chi connectivity index (χ4v) is 2.92. The molecule has 0 aliphatic carbocycles. The molecular weight excluding hydrogens is 352 g/mol. The van der Waals surface area contributed by atoms with E-state index in [-0.39, 0.29) is 6.61 Å². The van der Waals surface area contributed by atoms with Crippen LogP contribution in [0.2, 0.25) is 5.15 Å². The predicted octanol–water partition coefficient (Wildman–Crippen LogP) is 3.60. The van der Waals surface area contributed by atoms with Crippen LogP contribution in [0, 0.1) is 20.8 Å². The number of carbonyl (C=O) groups excluding carboxylic acids is 1. The van der Waals surface area contributed by atoms with Crippen LogP contribution in [0.1, 0.15) is 38.7 Å². The van der Waals surface area contributed by atoms with Gasteiger partial charge < -0.3 is 9.30 Å². The number of carbonyl (C=O) groups is 1. The lowest BCUT2D eigenvalue weighted by Crippen LogP contribution is -2.11. The molecule has 26 heavy (non-hydrogen) atoms. The van der Waals surface area contributed by atoms with Gasteiger partial charge >= 0.3 is 5.97 Å². The summed E-state index contributed by atoms with van der Waals surface area (Å²) in [5.74, 6) is 0.181. The maximum Gasteiger partial charge on any atom is 0.342 e. The van der Waals surface area contributed by atoms with Gasteiger partial charge in [-0.3, -0.25) is 4.68 Å². The minimum absolute atomic E-state index is 0.0596. The SMILES string of the molecule is Cc1ccc(Cn2nc(C)c(C(=O)OCc3ncc(Cl)n3C)c2C)cc1. The van der Waals surface area contributed by atoms with Gasteiger partial charge in [0.15, 0.2) is 0 Å². The molecule has 0 amide bonds. The van der Waals surface area contributed by atoms with Gasteiger partial charge in [-0.1, -0.05) is 41.4 Å². The van der Waals surface area contributed by atoms with E-state index in [0.29, 0.717) is 28.8 Å². The minimum atomic E-state index is -0.408. The molecule has 0 bridgehead atoms. The number of ether oxygens (including phenoxy) is 1. The topological polar surface area (TPSA) is 61.9 Å². The molecule has 0 aliphatic heterocycles. The maximum atomic E-state index is 12.5. The molecule has 2 heterocycles. The lowest BCUT2D eigenvalue weighted by Gasteiger charge is -2.07. The average molecular weight is 373 g/mol. The lowest BCUT2D eigenvalue weighted by atomic mass is 10.1. The lowest BCUT2D eigenvalue weighted by molar-refractivity contribution is 0.0457. The molecule has 0 aliphatic rings. The van der Waals surface area contributed by atoms with E-state index in [1.807, 2.05) is 18.5 Å². The van der Waals surface area contributed by atoms with Crippen LogP contribution < -0.4 is 0 Å². The Morgan fingerprint density at radius 3 is 2.50 bits per heavy atom. The highest BCUT2D eigenvalue weighted by atomic mass is 35.5. The van der Waals surface area contributed by atoms with E-state index in [2.05, 4.69) is 41.3 Å². The third-order valence-corrected chi connectivity index (χ3v) is 4.75. The first-order chi connectivity index (χ1) is 12.4. The third-order valence-electron chi connectivity index (χ3n) is 4.40. The van der Waals surface area contributed by atoms with Crippen molar-refractivity contribution in [2.45, 2.75) is 33.9 Å². The summed E-state index contributed by atoms with van der Waals surface area (Å²) in [4.78, 5) is 16.7. The second-order valence-electron chi connectivity index (χ2n) is 6.32. The van der Waals surface area contributed by atoms with Crippen LogP contribution in [0.25, 0.3) is 0 Å². The molecule has 0 N–H and O–H groups in total. The molecule has 7 heteroatoms. The number of rotatable bonds is 5. The Morgan fingerprint density at radius 2 is 1.88 bits per heavy atom. The molecule has 2 aromatic heterocycles. The molecule has 0 radical (unpaired) electrons. The number of imidazole rings is 1. The Morgan fingerprint density at radius 1 is 1.19 bits per heavy atom. The van der Waals surface area contributed by atoms with Crippen LogP contribution >= 0.6 is 11.6 Å². The van der Waals surface area contributed by atoms with E-state index in [0.717, 1.165) is 11.3 Å². The monoisotopic (exact) mass is 372 g/mol. The first kappa shape index (κ1) is 18.2. The molecule has 3 aromatic rings. The van der Waals surface area contributed by atoms with Crippen LogP contribution in [0.15, 0.2) is 30.5 Å². The Labute approximate surface area is 157 Å². The number of aryl methyl sites for hydroxylation is 2. The van der Waals surface area contributed by atoms with Crippen LogP contribution in [-0.2, 0) is 24.9 Å². The van der Waals surface area contributed by atoms with Crippen LogP contribution in [0.4, 0.5) is 0 Å². The molecular formula is C19H21ClN4O2. The first-order valence-corrected chi connectivity index (χ1v) is 8.67. The second-order valence-corrected chi connectivity index (χ2v) is 6.71. The van der Waals surface area contributed by atoms with E-state index in [9.17, 15) is 4.79 Å². The van der Waals surface area contributed by atoms with Crippen molar-refractivity contribution in [1.82, 2.24) is 19.3 Å². The van der Waals surface area contributed by atoms with Crippen molar-refractivity contribution >= 4 is 17.6 Å². The number of nitrogens with zero attached hydrogens (tertiary/aromatic N) is 4. The van der Waals surface area contributed by atoms with Gasteiger partial charge in [-0.15, -0.1) is 0 Å². The highest BCUT2D eigenvalue weighted by Crippen LogP contribution is 2.18. The van der Waals surface area contributed by atoms with E-state index in [4.69, 9.17) is 16.3 Å². The Kier molecular flexibility index (Phi) is 5.13. The fraction of sp³-hybridized carbons (Fsp3) is 0.316. The summed E-state index contributed by atoms with van der Waals surface area (Å²) in [7, 11) is 1.77. The first-order valence-electron chi connectivity index (χ1n) is 8.29. The molecule has 3 rings (SSSR count). The van der Waals surface area contributed by atoms with Gasteiger partial charge in [-0.25, -0.2) is 9.78 Å². The highest BCUT2D eigenvalue weighted by molar-refractivity contribution is 6.29. The quantitative estimate of drug-likeness (QED) is 0.642. The molecule has 136 valence electrons. The molecule has 0 atom stereocenters. The standard InChI is InChI=1S/C19H21ClN4O2/c1-12-5-7-15(8-6-12)10-24-14(3)18(13(2)22-24)19(25)26-11-17-21-9-16(20)23(17)4/h5-9H,10-11H2,1-4H3. The van der Waals surface area contributed by atoms with E-state index in [1.165, 1.54) is 11.8 Å². The summed E-state index contributed by atoms with van der Waals surface area (Å²) in [6.07, 6.45) is 1.53. The number of hydrogen-bond acceptors (Lipinski definition) is 4. The summed E-state index contributed by atoms with van der Waals surface area (Å²) < 4.78 is 8.92. The minimum Gasteiger partial charge on any atom is -0.454 e. The van der Waals surface area contributed by atoms with Gasteiger partial charge in [0.2, 0.25) is 0 Å². The largest absolute Gasteiger partial charge is 0.454 e. The number of aromatic nitrogens is 4. The van der Waals surface area contributed by atoms with Crippen LogP contribution in [0.5, 0.6) is 0 Å². The van der Waals surface area contributed by atoms with Gasteiger partial charge in [-0.05, 0) is 26.3 Å². The zero-order chi connectivity index (χ0) is 18.8. The second kappa shape index (κ2) is 7.33. The fourth-order valence-electron chi connectivity index (χ4n) is 2.77. The van der Waals surface area contributed by atoms with Gasteiger partial charge in [0.1, 0.15) is 23.1 Å². The third kappa shape index (κ3) is 3.65. The zero-order valence-corrected chi connectivity index (χ0v) is 16.0. The molecule has 0 saturated heterocycles. The molecule has 0 fully saturated rings. The number of halogens is 1. The molecule has 0 unspecified atom stereocenters. The van der Waals surface area contributed by atoms with E-state index < -0.39 is 5.97 Å². The molecule has 0 saturated carbocycles. The van der Waals surface area contributed by atoms with Crippen molar-refractivity contribution in [3.63, 3.8) is 0 Å². The smallest absolute Gasteiger partial charge is 0.342 e. The van der Waals surface area contributed by atoms with Gasteiger partial charge in [0.25, 0.3) is 0 Å². The van der Waals surface area contributed by atoms with Gasteiger partial charge in [0, 0.05) is 7.05 Å². The van der Waals surface area contributed by atoms with Crippen molar-refractivity contribution in [2.24, 2.45) is 7.05 Å². The zero-order valence-electron chi connectivity index (χ0n) is 15.3. The Hall–Kier alpha value is -2.60. The molecule has 1 aromatic carbocycles. The number of hydrogen-bond donors (Lipinski definition) is 0. The van der Waals surface area contributed by atoms with E-state index >= 15 is 0 Å². The highest BCUT2D eigenvalue weighted by Gasteiger charge is 2.21. The predicted molar refractivity (Wildman–Crippen MR) is 99.3 cm³/mol. The normalized spacial score (nSPS) is 11.0. The van der Waals surface area contributed by atoms with Crippen molar-refractivity contribution in [2.75, 3.05) is 0 Å². The van der Waals surface area contributed by atoms with Crippen LogP contribution in [0.3, 0.4) is 0 Å². The number of esters is 1. The summed E-state index contributed by atoms with van der Waals surface area (Å²) in [6, 6.07) is 8.26. The molecule has 6 nitrogen and oxygen atoms in total. The summed E-state index contributed by atoms with van der Waals surface area (Å²) >= 11 is 5.95. The summed E-state index contributed by atoms with van der Waals surface area (Å²) in [5, 5.41) is 4.99. The van der Waals surface area contributed by atoms with Crippen molar-refractivity contribution in [3.05, 3.63) is 69.5 Å². The average Bonchev–Trinajstić information content (AvgIpc) is 3.07.